The number of fused-ring (bicyclic) bond motifs is 1. The molecule has 4 heteroatoms. The van der Waals surface area contributed by atoms with Gasteiger partial charge < -0.3 is 0 Å². The Morgan fingerprint density at radius 2 is 2.25 bits per heavy atom. The van der Waals surface area contributed by atoms with E-state index in [2.05, 4.69) is 15.9 Å². The van der Waals surface area contributed by atoms with E-state index in [1.54, 1.807) is 6.07 Å². The molecule has 1 unspecified atom stereocenters. The van der Waals surface area contributed by atoms with E-state index in [4.69, 9.17) is 4.78 Å². The number of benzene rings is 1. The van der Waals surface area contributed by atoms with Crippen LogP contribution in [-0.2, 0) is 16.1 Å². The summed E-state index contributed by atoms with van der Waals surface area (Å²) in [7, 11) is -2.44. The Morgan fingerprint density at radius 1 is 1.50 bits per heavy atom. The van der Waals surface area contributed by atoms with E-state index in [-0.39, 0.29) is 0 Å². The van der Waals surface area contributed by atoms with Crippen molar-refractivity contribution in [2.24, 2.45) is 0 Å². The number of nitrogens with one attached hydrogen (secondary N) is 1. The van der Waals surface area contributed by atoms with Gasteiger partial charge in [0, 0.05) is 10.2 Å². The Labute approximate surface area is 80.1 Å². The van der Waals surface area contributed by atoms with E-state index in [1.165, 1.54) is 0 Å². The van der Waals surface area contributed by atoms with Gasteiger partial charge >= 0.3 is 0 Å². The normalized spacial score (nSPS) is 27.1. The Bertz CT molecular complexity index is 425. The molecule has 12 heavy (non-hydrogen) atoms. The summed E-state index contributed by atoms with van der Waals surface area (Å²) in [6, 6.07) is 5.59. The molecule has 0 bridgehead atoms. The molecule has 0 aromatic heterocycles. The summed E-state index contributed by atoms with van der Waals surface area (Å²) in [5, 5.41) is 0. The van der Waals surface area contributed by atoms with Crippen LogP contribution in [0.15, 0.2) is 27.6 Å². The molecule has 64 valence electrons. The fourth-order valence-corrected chi connectivity index (χ4v) is 3.44. The molecule has 1 aliphatic heterocycles. The van der Waals surface area contributed by atoms with Crippen LogP contribution in [0.2, 0.25) is 0 Å². The standard InChI is InChI=1S/C8H8BrNOS/c9-7-1-2-8-6(5-7)3-4-12(8,10)11/h1-2,5,10H,3-4H2. The largest absolute Gasteiger partial charge is 0.249 e. The Kier molecular flexibility index (Phi) is 1.77. The van der Waals surface area contributed by atoms with Crippen molar-refractivity contribution in [3.05, 3.63) is 28.2 Å². The Hall–Kier alpha value is -0.350. The summed E-state index contributed by atoms with van der Waals surface area (Å²) in [6.45, 7) is 0. The van der Waals surface area contributed by atoms with Gasteiger partial charge in [0.2, 0.25) is 0 Å². The van der Waals surface area contributed by atoms with Crippen molar-refractivity contribution in [1.29, 1.82) is 4.78 Å². The molecule has 0 radical (unpaired) electrons. The Morgan fingerprint density at radius 3 is 3.00 bits per heavy atom. The van der Waals surface area contributed by atoms with Gasteiger partial charge in [-0.2, -0.15) is 0 Å². The van der Waals surface area contributed by atoms with Crippen molar-refractivity contribution in [3.63, 3.8) is 0 Å². The lowest BCUT2D eigenvalue weighted by Crippen LogP contribution is -1.95. The summed E-state index contributed by atoms with van der Waals surface area (Å²) in [5.74, 6) is 0.485. The van der Waals surface area contributed by atoms with Gasteiger partial charge in [-0.1, -0.05) is 15.9 Å². The minimum Gasteiger partial charge on any atom is -0.249 e. The zero-order chi connectivity index (χ0) is 8.77. The van der Waals surface area contributed by atoms with Crippen LogP contribution in [0.4, 0.5) is 0 Å². The van der Waals surface area contributed by atoms with E-state index < -0.39 is 9.73 Å². The average Bonchev–Trinajstić information content (AvgIpc) is 2.27. The highest BCUT2D eigenvalue weighted by Gasteiger charge is 2.22. The summed E-state index contributed by atoms with van der Waals surface area (Å²) >= 11 is 3.35. The van der Waals surface area contributed by atoms with E-state index in [0.717, 1.165) is 21.4 Å². The number of hydrogen-bond donors (Lipinski definition) is 1. The number of halogens is 1. The second kappa shape index (κ2) is 2.57. The van der Waals surface area contributed by atoms with Crippen molar-refractivity contribution >= 4 is 25.7 Å². The number of hydrogen-bond acceptors (Lipinski definition) is 2. The van der Waals surface area contributed by atoms with Gasteiger partial charge in [0.25, 0.3) is 0 Å². The molecule has 0 amide bonds. The second-order valence-electron chi connectivity index (χ2n) is 2.88. The quantitative estimate of drug-likeness (QED) is 0.750. The molecular weight excluding hydrogens is 238 g/mol. The van der Waals surface area contributed by atoms with E-state index in [9.17, 15) is 4.21 Å². The van der Waals surface area contributed by atoms with E-state index >= 15 is 0 Å². The van der Waals surface area contributed by atoms with Crippen molar-refractivity contribution in [2.75, 3.05) is 5.75 Å². The highest BCUT2D eigenvalue weighted by Crippen LogP contribution is 2.28. The number of aryl methyl sites for hydroxylation is 1. The minimum atomic E-state index is -2.44. The molecule has 2 nitrogen and oxygen atoms in total. The summed E-state index contributed by atoms with van der Waals surface area (Å²) in [6.07, 6.45) is 0.775. The van der Waals surface area contributed by atoms with E-state index in [0.29, 0.717) is 5.75 Å². The summed E-state index contributed by atoms with van der Waals surface area (Å²) in [5.41, 5.74) is 1.06. The Balaban J connectivity index is 2.71. The maximum atomic E-state index is 11.6. The predicted octanol–water partition coefficient (Wildman–Crippen LogP) is 2.41. The first kappa shape index (κ1) is 8.26. The smallest absolute Gasteiger partial charge is 0.0732 e. The molecule has 0 spiro atoms. The third-order valence-corrected chi connectivity index (χ3v) is 4.42. The molecule has 1 atom stereocenters. The molecule has 2 rings (SSSR count). The van der Waals surface area contributed by atoms with Crippen LogP contribution < -0.4 is 0 Å². The summed E-state index contributed by atoms with van der Waals surface area (Å²) in [4.78, 5) is 0.728. The van der Waals surface area contributed by atoms with Crippen LogP contribution >= 0.6 is 15.9 Å². The van der Waals surface area contributed by atoms with Crippen LogP contribution in [0, 0.1) is 4.78 Å². The zero-order valence-electron chi connectivity index (χ0n) is 6.34. The fourth-order valence-electron chi connectivity index (χ4n) is 1.43. The van der Waals surface area contributed by atoms with Crippen molar-refractivity contribution in [2.45, 2.75) is 11.3 Å². The first-order chi connectivity index (χ1) is 5.59. The van der Waals surface area contributed by atoms with Crippen molar-refractivity contribution in [3.8, 4) is 0 Å². The van der Waals surface area contributed by atoms with Gasteiger partial charge in [0.05, 0.1) is 14.6 Å². The first-order valence-electron chi connectivity index (χ1n) is 3.64. The average molecular weight is 246 g/mol. The second-order valence-corrected chi connectivity index (χ2v) is 6.00. The van der Waals surface area contributed by atoms with Gasteiger partial charge in [0.1, 0.15) is 0 Å². The maximum absolute atomic E-state index is 11.6. The molecule has 0 saturated heterocycles. The molecule has 0 aliphatic carbocycles. The third-order valence-electron chi connectivity index (χ3n) is 2.04. The van der Waals surface area contributed by atoms with Crippen LogP contribution in [0.3, 0.4) is 0 Å². The van der Waals surface area contributed by atoms with Gasteiger partial charge in [-0.15, -0.1) is 0 Å². The zero-order valence-corrected chi connectivity index (χ0v) is 8.74. The van der Waals surface area contributed by atoms with Gasteiger partial charge in [-0.3, -0.25) is 0 Å². The molecule has 1 N–H and O–H groups in total. The first-order valence-corrected chi connectivity index (χ1v) is 6.16. The van der Waals surface area contributed by atoms with Crippen LogP contribution in [-0.4, -0.2) is 9.96 Å². The lowest BCUT2D eigenvalue weighted by molar-refractivity contribution is 0.677. The van der Waals surface area contributed by atoms with E-state index in [1.807, 2.05) is 12.1 Å². The lowest BCUT2D eigenvalue weighted by atomic mass is 10.2. The maximum Gasteiger partial charge on any atom is 0.0732 e. The number of rotatable bonds is 0. The van der Waals surface area contributed by atoms with Gasteiger partial charge in [-0.25, -0.2) is 8.99 Å². The highest BCUT2D eigenvalue weighted by atomic mass is 79.9. The molecule has 1 aromatic carbocycles. The van der Waals surface area contributed by atoms with Crippen molar-refractivity contribution in [1.82, 2.24) is 0 Å². The molecule has 0 saturated carbocycles. The monoisotopic (exact) mass is 245 g/mol. The lowest BCUT2D eigenvalue weighted by Gasteiger charge is -1.99. The molecule has 1 aliphatic rings. The van der Waals surface area contributed by atoms with Crippen LogP contribution in [0.5, 0.6) is 0 Å². The van der Waals surface area contributed by atoms with Gasteiger partial charge in [-0.05, 0) is 30.2 Å². The molecule has 1 aromatic rings. The molecular formula is C8H8BrNOS. The van der Waals surface area contributed by atoms with Crippen LogP contribution in [0.25, 0.3) is 0 Å². The highest BCUT2D eigenvalue weighted by molar-refractivity contribution is 9.10. The van der Waals surface area contributed by atoms with Gasteiger partial charge in [0.15, 0.2) is 0 Å². The van der Waals surface area contributed by atoms with Crippen molar-refractivity contribution < 1.29 is 4.21 Å². The van der Waals surface area contributed by atoms with Crippen LogP contribution in [0.1, 0.15) is 5.56 Å². The molecule has 1 heterocycles. The summed E-state index contributed by atoms with van der Waals surface area (Å²) < 4.78 is 20.1. The predicted molar refractivity (Wildman–Crippen MR) is 51.8 cm³/mol. The molecule has 0 fully saturated rings. The SMILES string of the molecule is N=S1(=O)CCc2cc(Br)ccc21. The topological polar surface area (TPSA) is 40.9 Å². The third kappa shape index (κ3) is 1.19. The minimum absolute atomic E-state index is 0.485. The fraction of sp³-hybridized carbons (Fsp3) is 0.250.